The van der Waals surface area contributed by atoms with Crippen molar-refractivity contribution in [1.82, 2.24) is 0 Å². The molecular formula is C23H30O4. The Labute approximate surface area is 162 Å². The van der Waals surface area contributed by atoms with E-state index in [-0.39, 0.29) is 24.0 Å². The van der Waals surface area contributed by atoms with E-state index in [1.165, 1.54) is 0 Å². The molecule has 1 aliphatic rings. The molecule has 0 bridgehead atoms. The van der Waals surface area contributed by atoms with E-state index >= 15 is 0 Å². The van der Waals surface area contributed by atoms with Gasteiger partial charge in [0.1, 0.15) is 6.10 Å². The minimum absolute atomic E-state index is 0.0383. The molecule has 0 saturated carbocycles. The summed E-state index contributed by atoms with van der Waals surface area (Å²) >= 11 is 0. The van der Waals surface area contributed by atoms with Gasteiger partial charge in [-0.1, -0.05) is 74.5 Å². The van der Waals surface area contributed by atoms with Gasteiger partial charge in [0.15, 0.2) is 5.79 Å². The molecule has 5 atom stereocenters. The fraction of sp³-hybridized carbons (Fsp3) is 0.478. The van der Waals surface area contributed by atoms with Crippen LogP contribution in [-0.2, 0) is 27.4 Å². The highest BCUT2D eigenvalue weighted by Gasteiger charge is 2.47. The van der Waals surface area contributed by atoms with Crippen LogP contribution in [0.25, 0.3) is 0 Å². The highest BCUT2D eigenvalue weighted by Crippen LogP contribution is 2.38. The van der Waals surface area contributed by atoms with Gasteiger partial charge in [-0.3, -0.25) is 0 Å². The van der Waals surface area contributed by atoms with Gasteiger partial charge in [-0.2, -0.15) is 0 Å². The molecule has 2 unspecified atom stereocenters. The van der Waals surface area contributed by atoms with Gasteiger partial charge in [-0.05, 0) is 24.0 Å². The van der Waals surface area contributed by atoms with Crippen molar-refractivity contribution in [2.75, 3.05) is 6.61 Å². The first-order chi connectivity index (χ1) is 13.0. The first-order valence-corrected chi connectivity index (χ1v) is 9.65. The number of aliphatic hydroxyl groups is 1. The predicted octanol–water partition coefficient (Wildman–Crippen LogP) is 4.17. The van der Waals surface area contributed by atoms with Crippen molar-refractivity contribution in [2.24, 2.45) is 11.8 Å². The lowest BCUT2D eigenvalue weighted by molar-refractivity contribution is -0.321. The van der Waals surface area contributed by atoms with Crippen LogP contribution in [0.3, 0.4) is 0 Å². The molecule has 146 valence electrons. The van der Waals surface area contributed by atoms with E-state index in [1.54, 1.807) is 6.92 Å². The Morgan fingerprint density at radius 3 is 2.07 bits per heavy atom. The lowest BCUT2D eigenvalue weighted by Crippen LogP contribution is -2.57. The van der Waals surface area contributed by atoms with Crippen LogP contribution in [0, 0.1) is 11.8 Å². The van der Waals surface area contributed by atoms with Crippen LogP contribution in [0.5, 0.6) is 0 Å². The largest absolute Gasteiger partial charge is 0.374 e. The van der Waals surface area contributed by atoms with Crippen LogP contribution in [0.15, 0.2) is 60.7 Å². The molecule has 0 aromatic heterocycles. The van der Waals surface area contributed by atoms with Gasteiger partial charge < -0.3 is 19.3 Å². The summed E-state index contributed by atoms with van der Waals surface area (Å²) < 4.78 is 18.1. The SMILES string of the molecule is CC1[C@@H](OCc2ccccc2)C(COCc2ccccc2)O[C@](C)(O)[C@H]1C. The van der Waals surface area contributed by atoms with Crippen molar-refractivity contribution in [1.29, 1.82) is 0 Å². The molecule has 1 fully saturated rings. The van der Waals surface area contributed by atoms with Crippen molar-refractivity contribution >= 4 is 0 Å². The maximum atomic E-state index is 10.7. The second-order valence-corrected chi connectivity index (χ2v) is 7.62. The van der Waals surface area contributed by atoms with E-state index in [1.807, 2.05) is 55.5 Å². The molecule has 4 nitrogen and oxygen atoms in total. The van der Waals surface area contributed by atoms with Gasteiger partial charge in [-0.25, -0.2) is 0 Å². The zero-order valence-corrected chi connectivity index (χ0v) is 16.4. The van der Waals surface area contributed by atoms with Crippen molar-refractivity contribution < 1.29 is 19.3 Å². The van der Waals surface area contributed by atoms with E-state index in [2.05, 4.69) is 19.1 Å². The number of rotatable bonds is 7. The molecule has 0 amide bonds. The van der Waals surface area contributed by atoms with Gasteiger partial charge in [0.05, 0.1) is 25.9 Å². The zero-order valence-electron chi connectivity index (χ0n) is 16.4. The molecule has 0 radical (unpaired) electrons. The molecule has 3 rings (SSSR count). The minimum atomic E-state index is -1.19. The normalized spacial score (nSPS) is 31.0. The lowest BCUT2D eigenvalue weighted by Gasteiger charge is -2.47. The second kappa shape index (κ2) is 8.98. The molecule has 0 aliphatic carbocycles. The number of hydrogen-bond acceptors (Lipinski definition) is 4. The van der Waals surface area contributed by atoms with Crippen LogP contribution in [0.1, 0.15) is 31.9 Å². The Kier molecular flexibility index (Phi) is 6.66. The van der Waals surface area contributed by atoms with E-state index < -0.39 is 5.79 Å². The molecule has 4 heteroatoms. The highest BCUT2D eigenvalue weighted by atomic mass is 16.7. The van der Waals surface area contributed by atoms with E-state index in [0.29, 0.717) is 19.8 Å². The third-order valence-corrected chi connectivity index (χ3v) is 5.59. The summed E-state index contributed by atoms with van der Waals surface area (Å²) in [7, 11) is 0. The van der Waals surface area contributed by atoms with Gasteiger partial charge in [0, 0.05) is 5.92 Å². The van der Waals surface area contributed by atoms with Crippen molar-refractivity contribution in [3.05, 3.63) is 71.8 Å². The van der Waals surface area contributed by atoms with E-state index in [9.17, 15) is 5.11 Å². The predicted molar refractivity (Wildman–Crippen MR) is 105 cm³/mol. The molecule has 1 N–H and O–H groups in total. The summed E-state index contributed by atoms with van der Waals surface area (Å²) in [6.07, 6.45) is -0.463. The third-order valence-electron chi connectivity index (χ3n) is 5.59. The molecule has 1 heterocycles. The van der Waals surface area contributed by atoms with Crippen molar-refractivity contribution in [3.8, 4) is 0 Å². The standard InChI is InChI=1S/C23H30O4/c1-17-18(2)23(3,24)27-21(16-25-14-19-10-6-4-7-11-19)22(17)26-15-20-12-8-5-9-13-20/h4-13,17-18,21-22,24H,14-16H2,1-3H3/t17?,18-,21?,22+,23-/m0/s1. The fourth-order valence-corrected chi connectivity index (χ4v) is 3.61. The van der Waals surface area contributed by atoms with Crippen molar-refractivity contribution in [3.63, 3.8) is 0 Å². The number of ether oxygens (including phenoxy) is 3. The lowest BCUT2D eigenvalue weighted by atomic mass is 9.80. The topological polar surface area (TPSA) is 47.9 Å². The first-order valence-electron chi connectivity index (χ1n) is 9.65. The summed E-state index contributed by atoms with van der Waals surface area (Å²) in [5, 5.41) is 10.7. The van der Waals surface area contributed by atoms with E-state index in [4.69, 9.17) is 14.2 Å². The molecule has 0 spiro atoms. The van der Waals surface area contributed by atoms with Crippen LogP contribution < -0.4 is 0 Å². The smallest absolute Gasteiger partial charge is 0.166 e. The minimum Gasteiger partial charge on any atom is -0.374 e. The third kappa shape index (κ3) is 5.17. The Morgan fingerprint density at radius 2 is 1.48 bits per heavy atom. The maximum Gasteiger partial charge on any atom is 0.166 e. The summed E-state index contributed by atoms with van der Waals surface area (Å²) in [4.78, 5) is 0. The molecule has 1 saturated heterocycles. The summed E-state index contributed by atoms with van der Waals surface area (Å²) in [6, 6.07) is 20.2. The van der Waals surface area contributed by atoms with Gasteiger partial charge >= 0.3 is 0 Å². The first kappa shape index (κ1) is 20.0. The Bertz CT molecular complexity index is 686. The summed E-state index contributed by atoms with van der Waals surface area (Å²) in [5.74, 6) is -1.08. The van der Waals surface area contributed by atoms with Gasteiger partial charge in [0.2, 0.25) is 0 Å². The summed E-state index contributed by atoms with van der Waals surface area (Å²) in [6.45, 7) is 7.25. The Morgan fingerprint density at radius 1 is 0.926 bits per heavy atom. The highest BCUT2D eigenvalue weighted by molar-refractivity contribution is 5.14. The summed E-state index contributed by atoms with van der Waals surface area (Å²) in [5.41, 5.74) is 2.24. The fourth-order valence-electron chi connectivity index (χ4n) is 3.61. The van der Waals surface area contributed by atoms with Crippen molar-refractivity contribution in [2.45, 2.75) is 52.0 Å². The molecular weight excluding hydrogens is 340 g/mol. The molecule has 1 aliphatic heterocycles. The van der Waals surface area contributed by atoms with Crippen LogP contribution in [0.2, 0.25) is 0 Å². The number of hydrogen-bond donors (Lipinski definition) is 1. The molecule has 2 aromatic carbocycles. The second-order valence-electron chi connectivity index (χ2n) is 7.62. The molecule has 2 aromatic rings. The van der Waals surface area contributed by atoms with Crippen LogP contribution in [0.4, 0.5) is 0 Å². The zero-order chi connectivity index (χ0) is 19.3. The Balaban J connectivity index is 1.64. The molecule has 27 heavy (non-hydrogen) atoms. The van der Waals surface area contributed by atoms with Gasteiger partial charge in [0.25, 0.3) is 0 Å². The van der Waals surface area contributed by atoms with E-state index in [0.717, 1.165) is 11.1 Å². The monoisotopic (exact) mass is 370 g/mol. The maximum absolute atomic E-state index is 10.7. The average molecular weight is 370 g/mol. The number of benzene rings is 2. The van der Waals surface area contributed by atoms with Crippen LogP contribution >= 0.6 is 0 Å². The quantitative estimate of drug-likeness (QED) is 0.795. The van der Waals surface area contributed by atoms with Gasteiger partial charge in [-0.15, -0.1) is 0 Å². The van der Waals surface area contributed by atoms with Crippen LogP contribution in [-0.4, -0.2) is 29.7 Å². The Hall–Kier alpha value is -1.72. The average Bonchev–Trinajstić information content (AvgIpc) is 2.67.